The highest BCUT2D eigenvalue weighted by atomic mass is 16.6. The zero-order chi connectivity index (χ0) is 24.4. The van der Waals surface area contributed by atoms with Crippen molar-refractivity contribution >= 4 is 23.6 Å². The van der Waals surface area contributed by atoms with Crippen molar-refractivity contribution in [1.29, 1.82) is 0 Å². The Morgan fingerprint density at radius 1 is 0.818 bits per heavy atom. The standard InChI is InChI=1S/C24H31N3O6/c1-24(2,3)33-23(30)26-15-22(29)27-18-9-6-16(7-10-18)14-25-21(28)13-17-8-11-19(31-4)20(12-17)32-5/h6-12H,13-15H2,1-5H3,(H,25,28)(H,26,30)(H,27,29). The molecule has 0 heterocycles. The molecule has 178 valence electrons. The van der Waals surface area contributed by atoms with E-state index in [-0.39, 0.29) is 24.8 Å². The number of carbonyl (C=O) groups is 3. The summed E-state index contributed by atoms with van der Waals surface area (Å²) in [5.41, 5.74) is 1.63. The van der Waals surface area contributed by atoms with Crippen LogP contribution in [-0.2, 0) is 27.3 Å². The summed E-state index contributed by atoms with van der Waals surface area (Å²) in [6, 6.07) is 12.4. The molecule has 0 spiro atoms. The second kappa shape index (κ2) is 11.8. The molecule has 0 saturated carbocycles. The Bertz CT molecular complexity index is 967. The third kappa shape index (κ3) is 9.10. The maximum absolute atomic E-state index is 12.3. The van der Waals surface area contributed by atoms with E-state index in [0.717, 1.165) is 11.1 Å². The Morgan fingerprint density at radius 2 is 1.45 bits per heavy atom. The molecule has 0 saturated heterocycles. The first kappa shape index (κ1) is 25.5. The van der Waals surface area contributed by atoms with Gasteiger partial charge in [-0.3, -0.25) is 9.59 Å². The molecular formula is C24H31N3O6. The van der Waals surface area contributed by atoms with E-state index in [4.69, 9.17) is 14.2 Å². The lowest BCUT2D eigenvalue weighted by Crippen LogP contribution is -2.37. The van der Waals surface area contributed by atoms with Gasteiger partial charge in [-0.2, -0.15) is 0 Å². The lowest BCUT2D eigenvalue weighted by Gasteiger charge is -2.19. The number of alkyl carbamates (subject to hydrolysis) is 1. The average Bonchev–Trinajstić information content (AvgIpc) is 2.76. The largest absolute Gasteiger partial charge is 0.493 e. The minimum absolute atomic E-state index is 0.132. The van der Waals surface area contributed by atoms with Crippen LogP contribution in [0.4, 0.5) is 10.5 Å². The number of benzene rings is 2. The number of methoxy groups -OCH3 is 2. The van der Waals surface area contributed by atoms with Gasteiger partial charge in [0.25, 0.3) is 0 Å². The smallest absolute Gasteiger partial charge is 0.408 e. The number of hydrogen-bond donors (Lipinski definition) is 3. The van der Waals surface area contributed by atoms with Gasteiger partial charge in [-0.05, 0) is 56.2 Å². The minimum Gasteiger partial charge on any atom is -0.493 e. The van der Waals surface area contributed by atoms with Gasteiger partial charge in [0, 0.05) is 12.2 Å². The SMILES string of the molecule is COc1ccc(CC(=O)NCc2ccc(NC(=O)CNC(=O)OC(C)(C)C)cc2)cc1OC. The van der Waals surface area contributed by atoms with Gasteiger partial charge >= 0.3 is 6.09 Å². The molecule has 0 aliphatic rings. The normalized spacial score (nSPS) is 10.7. The Balaban J connectivity index is 1.78. The number of carbonyl (C=O) groups excluding carboxylic acids is 3. The highest BCUT2D eigenvalue weighted by molar-refractivity contribution is 5.93. The van der Waals surface area contributed by atoms with Crippen LogP contribution in [0.1, 0.15) is 31.9 Å². The highest BCUT2D eigenvalue weighted by Crippen LogP contribution is 2.27. The third-order valence-electron chi connectivity index (χ3n) is 4.33. The summed E-state index contributed by atoms with van der Waals surface area (Å²) in [5, 5.41) is 7.95. The van der Waals surface area contributed by atoms with Gasteiger partial charge in [0.1, 0.15) is 12.1 Å². The van der Waals surface area contributed by atoms with Gasteiger partial charge in [-0.25, -0.2) is 4.79 Å². The molecule has 9 heteroatoms. The average molecular weight is 458 g/mol. The molecule has 2 aromatic rings. The lowest BCUT2D eigenvalue weighted by atomic mass is 10.1. The van der Waals surface area contributed by atoms with Crippen LogP contribution in [0.3, 0.4) is 0 Å². The molecule has 2 rings (SSSR count). The van der Waals surface area contributed by atoms with Crippen molar-refractivity contribution in [2.24, 2.45) is 0 Å². The van der Waals surface area contributed by atoms with Crippen LogP contribution in [0.2, 0.25) is 0 Å². The zero-order valence-electron chi connectivity index (χ0n) is 19.6. The van der Waals surface area contributed by atoms with Crippen LogP contribution >= 0.6 is 0 Å². The van der Waals surface area contributed by atoms with Crippen LogP contribution in [0.25, 0.3) is 0 Å². The van der Waals surface area contributed by atoms with Crippen LogP contribution in [-0.4, -0.2) is 44.3 Å². The van der Waals surface area contributed by atoms with E-state index in [0.29, 0.717) is 23.7 Å². The van der Waals surface area contributed by atoms with Crippen molar-refractivity contribution in [3.05, 3.63) is 53.6 Å². The van der Waals surface area contributed by atoms with E-state index in [2.05, 4.69) is 16.0 Å². The molecule has 0 fully saturated rings. The molecule has 9 nitrogen and oxygen atoms in total. The van der Waals surface area contributed by atoms with Crippen molar-refractivity contribution < 1.29 is 28.6 Å². The van der Waals surface area contributed by atoms with Gasteiger partial charge < -0.3 is 30.2 Å². The Morgan fingerprint density at radius 3 is 2.06 bits per heavy atom. The first-order valence-corrected chi connectivity index (χ1v) is 10.4. The van der Waals surface area contributed by atoms with Gasteiger partial charge in [-0.1, -0.05) is 18.2 Å². The summed E-state index contributed by atoms with van der Waals surface area (Å²) in [5.74, 6) is 0.667. The highest BCUT2D eigenvalue weighted by Gasteiger charge is 2.16. The fourth-order valence-corrected chi connectivity index (χ4v) is 2.82. The molecule has 0 unspecified atom stereocenters. The van der Waals surface area contributed by atoms with Crippen molar-refractivity contribution in [3.63, 3.8) is 0 Å². The van der Waals surface area contributed by atoms with Crippen molar-refractivity contribution in [2.45, 2.75) is 39.3 Å². The van der Waals surface area contributed by atoms with Gasteiger partial charge in [-0.15, -0.1) is 0 Å². The quantitative estimate of drug-likeness (QED) is 0.533. The molecule has 0 aromatic heterocycles. The molecule has 2 aromatic carbocycles. The molecule has 3 amide bonds. The second-order valence-electron chi connectivity index (χ2n) is 8.24. The fraction of sp³-hybridized carbons (Fsp3) is 0.375. The molecule has 0 aliphatic heterocycles. The van der Waals surface area contributed by atoms with E-state index in [9.17, 15) is 14.4 Å². The number of nitrogens with one attached hydrogen (secondary N) is 3. The minimum atomic E-state index is -0.656. The number of ether oxygens (including phenoxy) is 3. The Hall–Kier alpha value is -3.75. The summed E-state index contributed by atoms with van der Waals surface area (Å²) in [6.45, 7) is 5.37. The van der Waals surface area contributed by atoms with Gasteiger partial charge in [0.2, 0.25) is 11.8 Å². The predicted molar refractivity (Wildman–Crippen MR) is 124 cm³/mol. The second-order valence-corrected chi connectivity index (χ2v) is 8.24. The van der Waals surface area contributed by atoms with Crippen LogP contribution in [0.15, 0.2) is 42.5 Å². The predicted octanol–water partition coefficient (Wildman–Crippen LogP) is 3.03. The zero-order valence-corrected chi connectivity index (χ0v) is 19.6. The summed E-state index contributed by atoms with van der Waals surface area (Å²) in [6.07, 6.45) is -0.448. The summed E-state index contributed by atoms with van der Waals surface area (Å²) >= 11 is 0. The Labute approximate surface area is 193 Å². The topological polar surface area (TPSA) is 115 Å². The van der Waals surface area contributed by atoms with E-state index >= 15 is 0 Å². The van der Waals surface area contributed by atoms with Crippen LogP contribution in [0.5, 0.6) is 11.5 Å². The van der Waals surface area contributed by atoms with Gasteiger partial charge in [0.05, 0.1) is 20.6 Å². The molecule has 0 atom stereocenters. The summed E-state index contributed by atoms with van der Waals surface area (Å²) < 4.78 is 15.5. The van der Waals surface area contributed by atoms with E-state index in [1.807, 2.05) is 6.07 Å². The number of amides is 3. The number of hydrogen-bond acceptors (Lipinski definition) is 6. The van der Waals surface area contributed by atoms with Crippen LogP contribution in [0, 0.1) is 0 Å². The van der Waals surface area contributed by atoms with E-state index in [1.165, 1.54) is 0 Å². The van der Waals surface area contributed by atoms with Crippen molar-refractivity contribution in [1.82, 2.24) is 10.6 Å². The number of rotatable bonds is 9. The molecule has 0 aliphatic carbocycles. The van der Waals surface area contributed by atoms with Crippen LogP contribution < -0.4 is 25.4 Å². The molecule has 0 bridgehead atoms. The van der Waals surface area contributed by atoms with E-state index < -0.39 is 11.7 Å². The first-order chi connectivity index (χ1) is 15.6. The summed E-state index contributed by atoms with van der Waals surface area (Å²) in [7, 11) is 3.10. The molecular weight excluding hydrogens is 426 g/mol. The number of anilines is 1. The summed E-state index contributed by atoms with van der Waals surface area (Å²) in [4.78, 5) is 35.9. The maximum atomic E-state index is 12.3. The monoisotopic (exact) mass is 457 g/mol. The van der Waals surface area contributed by atoms with Gasteiger partial charge in [0.15, 0.2) is 11.5 Å². The van der Waals surface area contributed by atoms with E-state index in [1.54, 1.807) is 71.4 Å². The Kier molecular flexibility index (Phi) is 9.08. The van der Waals surface area contributed by atoms with Crippen molar-refractivity contribution in [2.75, 3.05) is 26.1 Å². The molecule has 0 radical (unpaired) electrons. The molecule has 33 heavy (non-hydrogen) atoms. The lowest BCUT2D eigenvalue weighted by molar-refractivity contribution is -0.120. The first-order valence-electron chi connectivity index (χ1n) is 10.4. The third-order valence-corrected chi connectivity index (χ3v) is 4.33. The fourth-order valence-electron chi connectivity index (χ4n) is 2.82. The van der Waals surface area contributed by atoms with Crippen molar-refractivity contribution in [3.8, 4) is 11.5 Å². The maximum Gasteiger partial charge on any atom is 0.408 e. The molecule has 3 N–H and O–H groups in total.